The van der Waals surface area contributed by atoms with Crippen LogP contribution in [-0.4, -0.2) is 22.5 Å². The molecule has 0 spiro atoms. The maximum absolute atomic E-state index is 5.95. The Balaban J connectivity index is 2.83. The van der Waals surface area contributed by atoms with Crippen LogP contribution >= 0.6 is 15.9 Å². The van der Waals surface area contributed by atoms with Gasteiger partial charge in [-0.1, -0.05) is 29.8 Å². The Morgan fingerprint density at radius 2 is 1.50 bits per heavy atom. The van der Waals surface area contributed by atoms with E-state index in [0.717, 1.165) is 6.42 Å². The van der Waals surface area contributed by atoms with Crippen LogP contribution in [0.5, 0.6) is 0 Å². The van der Waals surface area contributed by atoms with Gasteiger partial charge < -0.3 is 9.31 Å². The summed E-state index contributed by atoms with van der Waals surface area (Å²) in [6, 6.07) is 0. The Morgan fingerprint density at radius 3 is 1.79 bits per heavy atom. The number of rotatable bonds is 2. The fourth-order valence-electron chi connectivity index (χ4n) is 1.26. The zero-order valence-corrected chi connectivity index (χ0v) is 11.6. The Morgan fingerprint density at radius 1 is 1.14 bits per heavy atom. The minimum absolute atomic E-state index is 0.0992. The molecule has 0 aromatic rings. The maximum Gasteiger partial charge on any atom is 0.475 e. The molecule has 0 aliphatic carbocycles. The molecule has 2 nitrogen and oxygen atoms in total. The second-order valence-electron chi connectivity index (χ2n) is 5.22. The highest BCUT2D eigenvalue weighted by molar-refractivity contribution is 9.10. The van der Waals surface area contributed by atoms with E-state index in [1.54, 1.807) is 0 Å². The Hall–Kier alpha value is 0.465. The molecule has 0 N–H and O–H groups in total. The molecule has 0 saturated carbocycles. The highest BCUT2D eigenvalue weighted by Crippen LogP contribution is 2.42. The van der Waals surface area contributed by atoms with Crippen molar-refractivity contribution in [2.75, 3.05) is 0 Å². The van der Waals surface area contributed by atoms with E-state index in [-0.39, 0.29) is 22.5 Å². The zero-order valence-electron chi connectivity index (χ0n) is 9.98. The van der Waals surface area contributed by atoms with Crippen LogP contribution in [0.3, 0.4) is 0 Å². The first-order valence-corrected chi connectivity index (χ1v) is 5.96. The van der Waals surface area contributed by atoms with Crippen LogP contribution < -0.4 is 0 Å². The average molecular weight is 263 g/mol. The topological polar surface area (TPSA) is 18.5 Å². The molecule has 1 aliphatic heterocycles. The molecule has 1 rings (SSSR count). The second-order valence-corrected chi connectivity index (χ2v) is 7.03. The Kier molecular flexibility index (Phi) is 3.13. The minimum atomic E-state index is -0.234. The van der Waals surface area contributed by atoms with E-state index in [4.69, 9.17) is 9.31 Å². The van der Waals surface area contributed by atoms with E-state index in [1.807, 2.05) is 0 Å². The minimum Gasteiger partial charge on any atom is -0.402 e. The molecular formula is C10H20BBrO2. The van der Waals surface area contributed by atoms with Gasteiger partial charge in [0.2, 0.25) is 0 Å². The first-order valence-electron chi connectivity index (χ1n) is 5.17. The lowest BCUT2D eigenvalue weighted by Gasteiger charge is -2.32. The first-order chi connectivity index (χ1) is 6.12. The number of alkyl halides is 1. The fraction of sp³-hybridized carbons (Fsp3) is 1.00. The van der Waals surface area contributed by atoms with Gasteiger partial charge in [-0.25, -0.2) is 0 Å². The summed E-state index contributed by atoms with van der Waals surface area (Å²) in [5.74, 6) is 0. The van der Waals surface area contributed by atoms with Crippen molar-refractivity contribution >= 4 is 23.0 Å². The molecule has 1 unspecified atom stereocenters. The molecule has 1 heterocycles. The summed E-state index contributed by atoms with van der Waals surface area (Å²) in [7, 11) is -0.169. The van der Waals surface area contributed by atoms with Crippen LogP contribution in [-0.2, 0) is 9.31 Å². The van der Waals surface area contributed by atoms with Crippen molar-refractivity contribution in [1.82, 2.24) is 0 Å². The van der Waals surface area contributed by atoms with Gasteiger partial charge in [0.15, 0.2) is 0 Å². The van der Waals surface area contributed by atoms with Gasteiger partial charge >= 0.3 is 7.12 Å². The van der Waals surface area contributed by atoms with Crippen molar-refractivity contribution in [2.45, 2.75) is 63.4 Å². The van der Waals surface area contributed by atoms with Crippen LogP contribution in [0.1, 0.15) is 48.0 Å². The fourth-order valence-corrected chi connectivity index (χ4v) is 1.44. The van der Waals surface area contributed by atoms with Gasteiger partial charge in [-0.05, 0) is 34.1 Å². The summed E-state index contributed by atoms with van der Waals surface area (Å²) < 4.78 is 11.8. The smallest absolute Gasteiger partial charge is 0.402 e. The van der Waals surface area contributed by atoms with Gasteiger partial charge in [0.05, 0.1) is 15.4 Å². The second kappa shape index (κ2) is 3.50. The molecule has 0 bridgehead atoms. The highest BCUT2D eigenvalue weighted by Gasteiger charge is 2.56. The van der Waals surface area contributed by atoms with Gasteiger partial charge in [0.25, 0.3) is 0 Å². The molecule has 82 valence electrons. The normalized spacial score (nSPS) is 28.9. The van der Waals surface area contributed by atoms with E-state index in [1.165, 1.54) is 0 Å². The van der Waals surface area contributed by atoms with Gasteiger partial charge in [-0.3, -0.25) is 0 Å². The highest BCUT2D eigenvalue weighted by atomic mass is 79.9. The van der Waals surface area contributed by atoms with Crippen LogP contribution in [0, 0.1) is 0 Å². The molecule has 0 amide bonds. The van der Waals surface area contributed by atoms with Crippen LogP contribution in [0.2, 0.25) is 0 Å². The van der Waals surface area contributed by atoms with Gasteiger partial charge in [0.1, 0.15) is 0 Å². The third kappa shape index (κ3) is 2.02. The van der Waals surface area contributed by atoms with Crippen LogP contribution in [0.4, 0.5) is 0 Å². The molecule has 1 fully saturated rings. The summed E-state index contributed by atoms with van der Waals surface area (Å²) in [6.45, 7) is 12.5. The van der Waals surface area contributed by atoms with Gasteiger partial charge in [-0.2, -0.15) is 0 Å². The van der Waals surface area contributed by atoms with E-state index < -0.39 is 0 Å². The quantitative estimate of drug-likeness (QED) is 0.562. The molecular weight excluding hydrogens is 243 g/mol. The van der Waals surface area contributed by atoms with Crippen molar-refractivity contribution < 1.29 is 9.31 Å². The first kappa shape index (κ1) is 12.5. The molecule has 1 atom stereocenters. The average Bonchev–Trinajstić information content (AvgIpc) is 2.22. The molecule has 0 aromatic heterocycles. The monoisotopic (exact) mass is 262 g/mol. The molecule has 1 aliphatic rings. The molecule has 0 radical (unpaired) electrons. The number of hydrogen-bond acceptors (Lipinski definition) is 2. The standard InChI is InChI=1S/C10H20BBrO2/c1-7-10(6,12)11-13-8(2,3)9(4,5)14-11/h7H2,1-6H3. The van der Waals surface area contributed by atoms with Crippen LogP contribution in [0.25, 0.3) is 0 Å². The lowest BCUT2D eigenvalue weighted by atomic mass is 9.71. The van der Waals surface area contributed by atoms with Crippen molar-refractivity contribution in [3.8, 4) is 0 Å². The molecule has 14 heavy (non-hydrogen) atoms. The summed E-state index contributed by atoms with van der Waals surface area (Å²) in [6.07, 6.45) is 0.976. The zero-order chi connectivity index (χ0) is 11.2. The van der Waals surface area contributed by atoms with Crippen molar-refractivity contribution in [1.29, 1.82) is 0 Å². The van der Waals surface area contributed by atoms with E-state index in [2.05, 4.69) is 57.5 Å². The van der Waals surface area contributed by atoms with Crippen molar-refractivity contribution in [2.24, 2.45) is 0 Å². The van der Waals surface area contributed by atoms with Gasteiger partial charge in [-0.15, -0.1) is 0 Å². The Labute approximate surface area is 96.0 Å². The predicted octanol–water partition coefficient (Wildman–Crippen LogP) is 3.18. The summed E-state index contributed by atoms with van der Waals surface area (Å²) >= 11 is 3.66. The summed E-state index contributed by atoms with van der Waals surface area (Å²) in [4.78, 5) is 0. The SMILES string of the molecule is CCC(C)(Br)B1OC(C)(C)C(C)(C)O1. The molecule has 4 heteroatoms. The third-order valence-electron chi connectivity index (χ3n) is 3.44. The number of halogens is 1. The van der Waals surface area contributed by atoms with Crippen molar-refractivity contribution in [3.05, 3.63) is 0 Å². The lowest BCUT2D eigenvalue weighted by molar-refractivity contribution is 0.00578. The largest absolute Gasteiger partial charge is 0.475 e. The maximum atomic E-state index is 5.95. The van der Waals surface area contributed by atoms with E-state index in [9.17, 15) is 0 Å². The summed E-state index contributed by atoms with van der Waals surface area (Å²) in [5.41, 5.74) is -0.469. The van der Waals surface area contributed by atoms with Gasteiger partial charge in [0, 0.05) is 0 Å². The number of hydrogen-bond donors (Lipinski definition) is 0. The predicted molar refractivity (Wildman–Crippen MR) is 63.7 cm³/mol. The molecule has 0 aromatic carbocycles. The van der Waals surface area contributed by atoms with Crippen LogP contribution in [0.15, 0.2) is 0 Å². The van der Waals surface area contributed by atoms with E-state index >= 15 is 0 Å². The van der Waals surface area contributed by atoms with E-state index in [0.29, 0.717) is 0 Å². The third-order valence-corrected chi connectivity index (χ3v) is 4.37. The lowest BCUT2D eigenvalue weighted by Crippen LogP contribution is -2.41. The molecule has 1 saturated heterocycles. The summed E-state index contributed by atoms with van der Waals surface area (Å²) in [5, 5.41) is 0. The van der Waals surface area contributed by atoms with Crippen molar-refractivity contribution in [3.63, 3.8) is 0 Å². The Bertz CT molecular complexity index is 210.